The molecule has 1 aromatic heterocycles. The second-order valence-electron chi connectivity index (χ2n) is 5.26. The summed E-state index contributed by atoms with van der Waals surface area (Å²) in [7, 11) is -3.75. The molecule has 120 valence electrons. The molecule has 0 radical (unpaired) electrons. The van der Waals surface area contributed by atoms with E-state index in [1.54, 1.807) is 30.3 Å². The highest BCUT2D eigenvalue weighted by Gasteiger charge is 2.36. The molecule has 8 heteroatoms. The zero-order chi connectivity index (χ0) is 16.7. The molecular weight excluding hydrogens is 328 g/mol. The van der Waals surface area contributed by atoms with Gasteiger partial charge in [-0.15, -0.1) is 0 Å². The van der Waals surface area contributed by atoms with Crippen LogP contribution in [0, 0.1) is 0 Å². The fourth-order valence-electron chi connectivity index (χ4n) is 2.79. The van der Waals surface area contributed by atoms with Crippen LogP contribution in [0.4, 0.5) is 11.6 Å². The van der Waals surface area contributed by atoms with Gasteiger partial charge in [-0.25, -0.2) is 18.4 Å². The Morgan fingerprint density at radius 1 is 1.04 bits per heavy atom. The molecule has 0 saturated heterocycles. The molecule has 1 N–H and O–H groups in total. The molecule has 1 aliphatic heterocycles. The van der Waals surface area contributed by atoms with E-state index >= 15 is 0 Å². The summed E-state index contributed by atoms with van der Waals surface area (Å²) in [5.74, 6) is -0.371. The standard InChI is InChI=1S/C16H12N4O3S/c21-14(19-16-17-8-3-9-18-16)10-20-12-6-1-4-11-5-2-7-13(15(11)12)24(20,22)23/h1-9H,10H2,(H,17,18,19,21). The molecule has 0 fully saturated rings. The first-order chi connectivity index (χ1) is 11.6. The number of amides is 1. The first-order valence-electron chi connectivity index (χ1n) is 7.19. The summed E-state index contributed by atoms with van der Waals surface area (Å²) >= 11 is 0. The van der Waals surface area contributed by atoms with Gasteiger partial charge in [0.05, 0.1) is 10.6 Å². The van der Waals surface area contributed by atoms with Crippen molar-refractivity contribution in [2.24, 2.45) is 0 Å². The van der Waals surface area contributed by atoms with Crippen molar-refractivity contribution in [2.75, 3.05) is 16.2 Å². The number of anilines is 2. The molecule has 3 aromatic rings. The third-order valence-electron chi connectivity index (χ3n) is 3.79. The molecule has 0 saturated carbocycles. The molecule has 0 spiro atoms. The molecule has 1 amide bonds. The van der Waals surface area contributed by atoms with E-state index in [-0.39, 0.29) is 17.4 Å². The number of hydrogen-bond acceptors (Lipinski definition) is 5. The molecule has 0 unspecified atom stereocenters. The highest BCUT2D eigenvalue weighted by atomic mass is 32.2. The third kappa shape index (κ3) is 2.19. The summed E-state index contributed by atoms with van der Waals surface area (Å²) in [5.41, 5.74) is 0.507. The Hall–Kier alpha value is -3.00. The number of hydrogen-bond donors (Lipinski definition) is 1. The van der Waals surface area contributed by atoms with E-state index in [0.717, 1.165) is 9.69 Å². The maximum Gasteiger partial charge on any atom is 0.265 e. The van der Waals surface area contributed by atoms with E-state index < -0.39 is 15.9 Å². The van der Waals surface area contributed by atoms with Crippen molar-refractivity contribution in [3.8, 4) is 0 Å². The van der Waals surface area contributed by atoms with Gasteiger partial charge in [0.1, 0.15) is 6.54 Å². The summed E-state index contributed by atoms with van der Waals surface area (Å²) in [6, 6.07) is 12.0. The highest BCUT2D eigenvalue weighted by Crippen LogP contribution is 2.41. The minimum absolute atomic E-state index is 0.134. The number of benzene rings is 2. The second kappa shape index (κ2) is 5.27. The summed E-state index contributed by atoms with van der Waals surface area (Å²) in [6.45, 7) is -0.339. The Balaban J connectivity index is 1.70. The van der Waals surface area contributed by atoms with Crippen LogP contribution in [0.15, 0.2) is 59.8 Å². The van der Waals surface area contributed by atoms with E-state index in [2.05, 4.69) is 15.3 Å². The molecule has 0 bridgehead atoms. The lowest BCUT2D eigenvalue weighted by Crippen LogP contribution is -2.35. The zero-order valence-corrected chi connectivity index (χ0v) is 13.2. The molecular formula is C16H12N4O3S. The van der Waals surface area contributed by atoms with Crippen molar-refractivity contribution in [1.82, 2.24) is 9.97 Å². The van der Waals surface area contributed by atoms with Gasteiger partial charge < -0.3 is 0 Å². The normalized spacial score (nSPS) is 14.8. The number of sulfonamides is 1. The largest absolute Gasteiger partial charge is 0.293 e. The topological polar surface area (TPSA) is 92.3 Å². The summed E-state index contributed by atoms with van der Waals surface area (Å²) in [4.78, 5) is 20.2. The summed E-state index contributed by atoms with van der Waals surface area (Å²) in [6.07, 6.45) is 2.98. The van der Waals surface area contributed by atoms with E-state index in [1.165, 1.54) is 12.4 Å². The van der Waals surface area contributed by atoms with Gasteiger partial charge in [0, 0.05) is 17.8 Å². The lowest BCUT2D eigenvalue weighted by Gasteiger charge is -2.17. The van der Waals surface area contributed by atoms with E-state index in [9.17, 15) is 13.2 Å². The minimum atomic E-state index is -3.75. The van der Waals surface area contributed by atoms with Gasteiger partial charge in [-0.3, -0.25) is 14.4 Å². The maximum atomic E-state index is 12.8. The fourth-order valence-corrected chi connectivity index (χ4v) is 4.45. The van der Waals surface area contributed by atoms with Crippen molar-refractivity contribution < 1.29 is 13.2 Å². The van der Waals surface area contributed by atoms with Gasteiger partial charge >= 0.3 is 0 Å². The van der Waals surface area contributed by atoms with Crippen LogP contribution in [0.1, 0.15) is 0 Å². The monoisotopic (exact) mass is 340 g/mol. The average Bonchev–Trinajstić information content (AvgIpc) is 2.79. The number of nitrogens with one attached hydrogen (secondary N) is 1. The van der Waals surface area contributed by atoms with Gasteiger partial charge in [-0.1, -0.05) is 24.3 Å². The van der Waals surface area contributed by atoms with Crippen LogP contribution in [0.3, 0.4) is 0 Å². The van der Waals surface area contributed by atoms with Gasteiger partial charge in [-0.2, -0.15) is 0 Å². The van der Waals surface area contributed by atoms with Gasteiger partial charge in [0.25, 0.3) is 10.0 Å². The highest BCUT2D eigenvalue weighted by molar-refractivity contribution is 7.93. The van der Waals surface area contributed by atoms with Crippen LogP contribution in [-0.4, -0.2) is 30.8 Å². The zero-order valence-electron chi connectivity index (χ0n) is 12.4. The van der Waals surface area contributed by atoms with Gasteiger partial charge in [0.15, 0.2) is 0 Å². The Morgan fingerprint density at radius 2 is 1.75 bits per heavy atom. The SMILES string of the molecule is O=C(CN1c2cccc3cccc(c23)S1(=O)=O)Nc1ncccn1. The van der Waals surface area contributed by atoms with Crippen LogP contribution in [-0.2, 0) is 14.8 Å². The fraction of sp³-hybridized carbons (Fsp3) is 0.0625. The lowest BCUT2D eigenvalue weighted by molar-refractivity contribution is -0.114. The maximum absolute atomic E-state index is 12.8. The predicted octanol–water partition coefficient (Wildman–Crippen LogP) is 1.78. The number of rotatable bonds is 3. The molecule has 24 heavy (non-hydrogen) atoms. The van der Waals surface area contributed by atoms with Crippen LogP contribution in [0.5, 0.6) is 0 Å². The Morgan fingerprint density at radius 3 is 2.50 bits per heavy atom. The molecule has 4 rings (SSSR count). The number of carbonyl (C=O) groups is 1. The predicted molar refractivity (Wildman–Crippen MR) is 89.1 cm³/mol. The van der Waals surface area contributed by atoms with Crippen molar-refractivity contribution in [3.05, 3.63) is 54.9 Å². The van der Waals surface area contributed by atoms with Crippen molar-refractivity contribution in [2.45, 2.75) is 4.90 Å². The quantitative estimate of drug-likeness (QED) is 0.784. The number of nitrogens with zero attached hydrogens (tertiary/aromatic N) is 3. The first-order valence-corrected chi connectivity index (χ1v) is 8.63. The van der Waals surface area contributed by atoms with Crippen LogP contribution in [0.25, 0.3) is 10.8 Å². The van der Waals surface area contributed by atoms with Gasteiger partial charge in [-0.05, 0) is 23.6 Å². The first kappa shape index (κ1) is 14.6. The van der Waals surface area contributed by atoms with Gasteiger partial charge in [0.2, 0.25) is 11.9 Å². The Kier molecular flexibility index (Phi) is 3.20. The Bertz CT molecular complexity index is 1050. The Labute approximate surface area is 138 Å². The molecule has 1 aliphatic rings. The van der Waals surface area contributed by atoms with E-state index in [0.29, 0.717) is 11.1 Å². The molecule has 2 heterocycles. The third-order valence-corrected chi connectivity index (χ3v) is 5.59. The van der Waals surface area contributed by atoms with Crippen molar-refractivity contribution in [1.29, 1.82) is 0 Å². The van der Waals surface area contributed by atoms with E-state index in [1.807, 2.05) is 12.1 Å². The summed E-state index contributed by atoms with van der Waals surface area (Å²) in [5, 5.41) is 3.96. The van der Waals surface area contributed by atoms with Crippen molar-refractivity contribution >= 4 is 38.3 Å². The molecule has 0 atom stereocenters. The molecule has 2 aromatic carbocycles. The molecule has 0 aliphatic carbocycles. The molecule has 7 nitrogen and oxygen atoms in total. The number of carbonyl (C=O) groups excluding carboxylic acids is 1. The van der Waals surface area contributed by atoms with Crippen LogP contribution >= 0.6 is 0 Å². The minimum Gasteiger partial charge on any atom is -0.293 e. The van der Waals surface area contributed by atoms with Crippen molar-refractivity contribution in [3.63, 3.8) is 0 Å². The smallest absolute Gasteiger partial charge is 0.265 e. The number of aromatic nitrogens is 2. The van der Waals surface area contributed by atoms with E-state index in [4.69, 9.17) is 0 Å². The summed E-state index contributed by atoms with van der Waals surface area (Å²) < 4.78 is 26.6. The average molecular weight is 340 g/mol. The van der Waals surface area contributed by atoms with Crippen LogP contribution in [0.2, 0.25) is 0 Å². The van der Waals surface area contributed by atoms with Crippen LogP contribution < -0.4 is 9.62 Å². The lowest BCUT2D eigenvalue weighted by atomic mass is 10.1. The second-order valence-corrected chi connectivity index (χ2v) is 7.09.